The second-order valence-electron chi connectivity index (χ2n) is 4.94. The van der Waals surface area contributed by atoms with Gasteiger partial charge in [-0.05, 0) is 56.5 Å². The van der Waals surface area contributed by atoms with Gasteiger partial charge in [-0.1, -0.05) is 12.8 Å². The summed E-state index contributed by atoms with van der Waals surface area (Å²) in [6.45, 7) is 1.88. The van der Waals surface area contributed by atoms with Crippen LogP contribution in [0.5, 0.6) is 5.75 Å². The molecule has 0 aliphatic heterocycles. The van der Waals surface area contributed by atoms with Crippen LogP contribution in [-0.4, -0.2) is 19.2 Å². The number of unbranched alkanes of at least 4 members (excludes halogenated alkanes) is 3. The van der Waals surface area contributed by atoms with E-state index in [0.717, 1.165) is 31.4 Å². The molecule has 0 amide bonds. The molecule has 1 aromatic rings. The van der Waals surface area contributed by atoms with Crippen molar-refractivity contribution in [2.24, 2.45) is 0 Å². The molecule has 0 saturated heterocycles. The number of hydrogen-bond acceptors (Lipinski definition) is 2. The average Bonchev–Trinajstić information content (AvgIpc) is 3.19. The summed E-state index contributed by atoms with van der Waals surface area (Å²) in [4.78, 5) is 0. The lowest BCUT2D eigenvalue weighted by Gasteiger charge is -2.06. The van der Waals surface area contributed by atoms with Gasteiger partial charge in [0, 0.05) is 6.04 Å². The predicted octanol–water partition coefficient (Wildman–Crippen LogP) is 3.52. The van der Waals surface area contributed by atoms with Gasteiger partial charge in [-0.2, -0.15) is 0 Å². The molecule has 18 heavy (non-hydrogen) atoms. The Hall–Kier alpha value is -1.09. The van der Waals surface area contributed by atoms with Crippen molar-refractivity contribution in [3.63, 3.8) is 0 Å². The third-order valence-corrected chi connectivity index (χ3v) is 3.16. The zero-order chi connectivity index (χ0) is 12.6. The third-order valence-electron chi connectivity index (χ3n) is 3.16. The van der Waals surface area contributed by atoms with Gasteiger partial charge in [0.2, 0.25) is 0 Å². The Balaban J connectivity index is 1.42. The molecule has 0 aromatic heterocycles. The maximum Gasteiger partial charge on any atom is 0.123 e. The fourth-order valence-corrected chi connectivity index (χ4v) is 1.90. The predicted molar refractivity (Wildman–Crippen MR) is 71.4 cm³/mol. The molecule has 1 aromatic carbocycles. The summed E-state index contributed by atoms with van der Waals surface area (Å²) >= 11 is 0. The van der Waals surface area contributed by atoms with Crippen LogP contribution >= 0.6 is 0 Å². The summed E-state index contributed by atoms with van der Waals surface area (Å²) in [5, 5.41) is 3.51. The number of benzene rings is 1. The van der Waals surface area contributed by atoms with Gasteiger partial charge >= 0.3 is 0 Å². The Kier molecular flexibility index (Phi) is 5.46. The fraction of sp³-hybridized carbons (Fsp3) is 0.600. The van der Waals surface area contributed by atoms with Crippen LogP contribution in [0.4, 0.5) is 4.39 Å². The smallest absolute Gasteiger partial charge is 0.123 e. The van der Waals surface area contributed by atoms with Crippen LogP contribution in [0.15, 0.2) is 24.3 Å². The first-order valence-electron chi connectivity index (χ1n) is 6.96. The summed E-state index contributed by atoms with van der Waals surface area (Å²) in [5.41, 5.74) is 0. The number of halogens is 1. The summed E-state index contributed by atoms with van der Waals surface area (Å²) < 4.78 is 18.2. The average molecular weight is 251 g/mol. The van der Waals surface area contributed by atoms with Crippen LogP contribution in [0.3, 0.4) is 0 Å². The van der Waals surface area contributed by atoms with Crippen molar-refractivity contribution in [2.45, 2.75) is 44.6 Å². The molecule has 0 unspecified atom stereocenters. The molecule has 1 aliphatic rings. The lowest BCUT2D eigenvalue weighted by atomic mass is 10.2. The van der Waals surface area contributed by atoms with Crippen molar-refractivity contribution in [1.29, 1.82) is 0 Å². The van der Waals surface area contributed by atoms with Gasteiger partial charge in [-0.3, -0.25) is 0 Å². The van der Waals surface area contributed by atoms with Crippen molar-refractivity contribution in [2.75, 3.05) is 13.2 Å². The second-order valence-corrected chi connectivity index (χ2v) is 4.94. The van der Waals surface area contributed by atoms with Gasteiger partial charge in [0.1, 0.15) is 11.6 Å². The maximum atomic E-state index is 12.6. The number of rotatable bonds is 9. The minimum Gasteiger partial charge on any atom is -0.494 e. The van der Waals surface area contributed by atoms with E-state index in [4.69, 9.17) is 4.74 Å². The SMILES string of the molecule is Fc1ccc(OCCCCCCNC2CC2)cc1. The van der Waals surface area contributed by atoms with E-state index in [-0.39, 0.29) is 5.82 Å². The first kappa shape index (κ1) is 13.3. The normalized spacial score (nSPS) is 14.7. The van der Waals surface area contributed by atoms with Gasteiger partial charge in [-0.25, -0.2) is 4.39 Å². The van der Waals surface area contributed by atoms with Gasteiger partial charge in [-0.15, -0.1) is 0 Å². The largest absolute Gasteiger partial charge is 0.494 e. The van der Waals surface area contributed by atoms with Gasteiger partial charge in [0.15, 0.2) is 0 Å². The highest BCUT2D eigenvalue weighted by molar-refractivity contribution is 5.21. The third kappa shape index (κ3) is 5.50. The molecular weight excluding hydrogens is 229 g/mol. The first-order chi connectivity index (χ1) is 8.84. The number of nitrogens with one attached hydrogen (secondary N) is 1. The van der Waals surface area contributed by atoms with Crippen LogP contribution < -0.4 is 10.1 Å². The van der Waals surface area contributed by atoms with E-state index in [9.17, 15) is 4.39 Å². The highest BCUT2D eigenvalue weighted by atomic mass is 19.1. The van der Waals surface area contributed by atoms with Gasteiger partial charge in [0.05, 0.1) is 6.61 Å². The van der Waals surface area contributed by atoms with Crippen molar-refractivity contribution < 1.29 is 9.13 Å². The van der Waals surface area contributed by atoms with E-state index in [2.05, 4.69) is 5.32 Å². The zero-order valence-corrected chi connectivity index (χ0v) is 10.8. The Morgan fingerprint density at radius 1 is 1.06 bits per heavy atom. The Labute approximate surface area is 109 Å². The second kappa shape index (κ2) is 7.37. The topological polar surface area (TPSA) is 21.3 Å². The van der Waals surface area contributed by atoms with Crippen molar-refractivity contribution in [3.05, 3.63) is 30.1 Å². The summed E-state index contributed by atoms with van der Waals surface area (Å²) in [6.07, 6.45) is 7.52. The quantitative estimate of drug-likeness (QED) is 0.678. The Morgan fingerprint density at radius 3 is 2.50 bits per heavy atom. The van der Waals surface area contributed by atoms with Crippen LogP contribution in [0, 0.1) is 5.82 Å². The molecule has 0 spiro atoms. The minimum atomic E-state index is -0.217. The molecule has 0 heterocycles. The van der Waals surface area contributed by atoms with E-state index in [1.807, 2.05) is 0 Å². The van der Waals surface area contributed by atoms with E-state index >= 15 is 0 Å². The van der Waals surface area contributed by atoms with Crippen LogP contribution in [0.1, 0.15) is 38.5 Å². The molecule has 2 rings (SSSR count). The lowest BCUT2D eigenvalue weighted by Crippen LogP contribution is -2.17. The van der Waals surface area contributed by atoms with Crippen molar-refractivity contribution >= 4 is 0 Å². The number of hydrogen-bond donors (Lipinski definition) is 1. The summed E-state index contributed by atoms with van der Waals surface area (Å²) in [6, 6.07) is 7.04. The van der Waals surface area contributed by atoms with E-state index in [1.165, 1.54) is 44.2 Å². The zero-order valence-electron chi connectivity index (χ0n) is 10.8. The Morgan fingerprint density at radius 2 is 1.78 bits per heavy atom. The van der Waals surface area contributed by atoms with E-state index in [1.54, 1.807) is 12.1 Å². The van der Waals surface area contributed by atoms with Crippen molar-refractivity contribution in [3.8, 4) is 5.75 Å². The van der Waals surface area contributed by atoms with Crippen LogP contribution in [-0.2, 0) is 0 Å². The standard InChI is InChI=1S/C15H22FNO/c16-13-5-9-15(10-6-13)18-12-4-2-1-3-11-17-14-7-8-14/h5-6,9-10,14,17H,1-4,7-8,11-12H2. The molecule has 0 bridgehead atoms. The maximum absolute atomic E-state index is 12.6. The lowest BCUT2D eigenvalue weighted by molar-refractivity contribution is 0.304. The van der Waals surface area contributed by atoms with E-state index < -0.39 is 0 Å². The van der Waals surface area contributed by atoms with Gasteiger partial charge < -0.3 is 10.1 Å². The fourth-order valence-electron chi connectivity index (χ4n) is 1.90. The summed E-state index contributed by atoms with van der Waals surface area (Å²) in [5.74, 6) is 0.539. The molecule has 0 atom stereocenters. The molecule has 2 nitrogen and oxygen atoms in total. The molecule has 1 N–H and O–H groups in total. The van der Waals surface area contributed by atoms with Gasteiger partial charge in [0.25, 0.3) is 0 Å². The summed E-state index contributed by atoms with van der Waals surface area (Å²) in [7, 11) is 0. The minimum absolute atomic E-state index is 0.217. The Bertz CT molecular complexity index is 335. The number of ether oxygens (including phenoxy) is 1. The molecule has 3 heteroatoms. The van der Waals surface area contributed by atoms with Crippen molar-refractivity contribution in [1.82, 2.24) is 5.32 Å². The molecule has 1 aliphatic carbocycles. The molecule has 1 fully saturated rings. The van der Waals surface area contributed by atoms with Crippen LogP contribution in [0.2, 0.25) is 0 Å². The molecule has 100 valence electrons. The molecular formula is C15H22FNO. The highest BCUT2D eigenvalue weighted by Crippen LogP contribution is 2.18. The molecule has 0 radical (unpaired) electrons. The van der Waals surface area contributed by atoms with Crippen LogP contribution in [0.25, 0.3) is 0 Å². The monoisotopic (exact) mass is 251 g/mol. The highest BCUT2D eigenvalue weighted by Gasteiger charge is 2.19. The molecule has 1 saturated carbocycles. The van der Waals surface area contributed by atoms with E-state index in [0.29, 0.717) is 0 Å². The first-order valence-corrected chi connectivity index (χ1v) is 6.96.